The summed E-state index contributed by atoms with van der Waals surface area (Å²) in [5.74, 6) is -0.538. The highest BCUT2D eigenvalue weighted by molar-refractivity contribution is 5.75. The lowest BCUT2D eigenvalue weighted by Crippen LogP contribution is -2.49. The van der Waals surface area contributed by atoms with Crippen LogP contribution in [0.5, 0.6) is 0 Å². The molecule has 40 heavy (non-hydrogen) atoms. The van der Waals surface area contributed by atoms with Gasteiger partial charge < -0.3 is 25.0 Å². The van der Waals surface area contributed by atoms with Gasteiger partial charge in [-0.1, -0.05) is 12.1 Å². The number of hydrogen-bond acceptors (Lipinski definition) is 4. The standard InChI is InChI=1S/C26H28F7N3O4/c1-15(17-11-18(25(28,29)30)13-19(12-17)26(31,32)33)35(2)24(39)36-9-7-21(40-23(38)34-8-10-37)14-22(36)16-3-5-20(27)6-4-16/h3-6,11-13,15,21-22,37H,7-10,14H2,1-2H3,(H,34,38)/t15-,21+,22-/m1/s1. The van der Waals surface area contributed by atoms with Gasteiger partial charge in [-0.15, -0.1) is 0 Å². The molecule has 3 amide bonds. The van der Waals surface area contributed by atoms with Gasteiger partial charge in [0, 0.05) is 33.0 Å². The number of nitrogens with zero attached hydrogens (tertiary/aromatic N) is 2. The number of halogens is 7. The number of carbonyl (C=O) groups is 2. The van der Waals surface area contributed by atoms with Crippen LogP contribution >= 0.6 is 0 Å². The number of amides is 3. The van der Waals surface area contributed by atoms with Crippen LogP contribution in [-0.4, -0.2) is 59.9 Å². The number of likely N-dealkylation sites (tertiary alicyclic amines) is 1. The Bertz CT molecular complexity index is 1160. The summed E-state index contributed by atoms with van der Waals surface area (Å²) in [7, 11) is 1.26. The average molecular weight is 580 g/mol. The van der Waals surface area contributed by atoms with Crippen molar-refractivity contribution in [1.82, 2.24) is 15.1 Å². The zero-order valence-electron chi connectivity index (χ0n) is 21.5. The fourth-order valence-corrected chi connectivity index (χ4v) is 4.43. The molecule has 3 rings (SSSR count). The number of hydrogen-bond donors (Lipinski definition) is 2. The van der Waals surface area contributed by atoms with E-state index in [1.165, 1.54) is 43.1 Å². The van der Waals surface area contributed by atoms with Crippen molar-refractivity contribution in [3.05, 3.63) is 70.5 Å². The monoisotopic (exact) mass is 579 g/mol. The SMILES string of the molecule is C[C@H](c1cc(C(F)(F)F)cc(C(F)(F)F)c1)N(C)C(=O)N1CC[C@H](OC(=O)NCCO)C[C@@H]1c1ccc(F)cc1. The summed E-state index contributed by atoms with van der Waals surface area (Å²) < 4.78 is 99.2. The predicted molar refractivity (Wildman–Crippen MR) is 128 cm³/mol. The molecule has 2 N–H and O–H groups in total. The molecule has 0 saturated carbocycles. The van der Waals surface area contributed by atoms with Crippen molar-refractivity contribution in [3.63, 3.8) is 0 Å². The molecular weight excluding hydrogens is 551 g/mol. The van der Waals surface area contributed by atoms with Crippen molar-refractivity contribution in [2.24, 2.45) is 0 Å². The van der Waals surface area contributed by atoms with Crippen LogP contribution in [0.2, 0.25) is 0 Å². The van der Waals surface area contributed by atoms with Crippen LogP contribution in [0.3, 0.4) is 0 Å². The molecular formula is C26H28F7N3O4. The number of nitrogens with one attached hydrogen (secondary N) is 1. The molecule has 0 radical (unpaired) electrons. The Morgan fingerprint density at radius 3 is 2.17 bits per heavy atom. The molecule has 0 spiro atoms. The Morgan fingerprint density at radius 2 is 1.65 bits per heavy atom. The van der Waals surface area contributed by atoms with E-state index in [9.17, 15) is 40.3 Å². The van der Waals surface area contributed by atoms with E-state index in [1.807, 2.05) is 0 Å². The molecule has 2 aromatic carbocycles. The Balaban J connectivity index is 1.89. The zero-order chi connectivity index (χ0) is 29.8. The van der Waals surface area contributed by atoms with E-state index in [0.717, 1.165) is 4.90 Å². The minimum Gasteiger partial charge on any atom is -0.446 e. The third-order valence-electron chi connectivity index (χ3n) is 6.68. The van der Waals surface area contributed by atoms with Crippen molar-refractivity contribution in [1.29, 1.82) is 0 Å². The highest BCUT2D eigenvalue weighted by Crippen LogP contribution is 2.39. The second-order valence-electron chi connectivity index (χ2n) is 9.37. The van der Waals surface area contributed by atoms with E-state index in [0.29, 0.717) is 17.7 Å². The van der Waals surface area contributed by atoms with Gasteiger partial charge in [0.15, 0.2) is 0 Å². The summed E-state index contributed by atoms with van der Waals surface area (Å²) in [5.41, 5.74) is -2.87. The molecule has 220 valence electrons. The average Bonchev–Trinajstić information content (AvgIpc) is 2.89. The fraction of sp³-hybridized carbons (Fsp3) is 0.462. The molecule has 1 heterocycles. The quantitative estimate of drug-likeness (QED) is 0.418. The molecule has 1 aliphatic heterocycles. The highest BCUT2D eigenvalue weighted by Gasteiger charge is 2.39. The lowest BCUT2D eigenvalue weighted by Gasteiger charge is -2.42. The Kier molecular flexibility index (Phi) is 9.54. The number of ether oxygens (including phenoxy) is 1. The number of aliphatic hydroxyl groups is 1. The number of aliphatic hydroxyl groups excluding tert-OH is 1. The van der Waals surface area contributed by atoms with E-state index in [-0.39, 0.29) is 44.2 Å². The van der Waals surface area contributed by atoms with Gasteiger partial charge in [0.05, 0.1) is 29.8 Å². The second kappa shape index (κ2) is 12.3. The fourth-order valence-electron chi connectivity index (χ4n) is 4.43. The summed E-state index contributed by atoms with van der Waals surface area (Å²) in [6.45, 7) is 0.987. The van der Waals surface area contributed by atoms with Crippen molar-refractivity contribution < 1.29 is 50.2 Å². The Labute approximate surface area is 225 Å². The van der Waals surface area contributed by atoms with Gasteiger partial charge in [-0.3, -0.25) is 0 Å². The summed E-state index contributed by atoms with van der Waals surface area (Å²) in [5, 5.41) is 11.2. The van der Waals surface area contributed by atoms with Gasteiger partial charge in [-0.25, -0.2) is 14.0 Å². The number of carbonyl (C=O) groups excluding carboxylic acids is 2. The smallest absolute Gasteiger partial charge is 0.416 e. The molecule has 1 saturated heterocycles. The number of urea groups is 1. The molecule has 0 aromatic heterocycles. The van der Waals surface area contributed by atoms with Crippen molar-refractivity contribution in [2.45, 2.75) is 50.3 Å². The molecule has 7 nitrogen and oxygen atoms in total. The second-order valence-corrected chi connectivity index (χ2v) is 9.37. The van der Waals surface area contributed by atoms with E-state index < -0.39 is 59.6 Å². The molecule has 14 heteroatoms. The highest BCUT2D eigenvalue weighted by atomic mass is 19.4. The van der Waals surface area contributed by atoms with Crippen LogP contribution in [0, 0.1) is 5.82 Å². The summed E-state index contributed by atoms with van der Waals surface area (Å²) in [6.07, 6.45) is -11.3. The first kappa shape index (κ1) is 31.0. The Morgan fingerprint density at radius 1 is 1.07 bits per heavy atom. The first-order valence-electron chi connectivity index (χ1n) is 12.3. The van der Waals surface area contributed by atoms with Crippen LogP contribution in [0.25, 0.3) is 0 Å². The third kappa shape index (κ3) is 7.55. The third-order valence-corrected chi connectivity index (χ3v) is 6.68. The molecule has 2 aromatic rings. The van der Waals surface area contributed by atoms with Gasteiger partial charge >= 0.3 is 24.5 Å². The molecule has 1 fully saturated rings. The van der Waals surface area contributed by atoms with Crippen molar-refractivity contribution in [3.8, 4) is 0 Å². The lowest BCUT2D eigenvalue weighted by molar-refractivity contribution is -0.143. The van der Waals surface area contributed by atoms with Gasteiger partial charge in [-0.05, 0) is 48.4 Å². The maximum atomic E-state index is 13.6. The van der Waals surface area contributed by atoms with Gasteiger partial charge in [0.25, 0.3) is 0 Å². The van der Waals surface area contributed by atoms with Gasteiger partial charge in [0.1, 0.15) is 11.9 Å². The van der Waals surface area contributed by atoms with Crippen molar-refractivity contribution >= 4 is 12.1 Å². The maximum absolute atomic E-state index is 13.6. The number of rotatable bonds is 6. The number of piperidine rings is 1. The lowest BCUT2D eigenvalue weighted by atomic mass is 9.93. The number of alkyl halides is 6. The minimum absolute atomic E-state index is 0.0179. The zero-order valence-corrected chi connectivity index (χ0v) is 21.5. The molecule has 0 bridgehead atoms. The maximum Gasteiger partial charge on any atom is 0.416 e. The van der Waals surface area contributed by atoms with Crippen LogP contribution < -0.4 is 5.32 Å². The molecule has 1 aliphatic rings. The summed E-state index contributed by atoms with van der Waals surface area (Å²) in [6, 6.07) is 3.73. The Hall–Kier alpha value is -3.55. The van der Waals surface area contributed by atoms with Gasteiger partial charge in [0.2, 0.25) is 0 Å². The summed E-state index contributed by atoms with van der Waals surface area (Å²) >= 11 is 0. The first-order valence-corrected chi connectivity index (χ1v) is 12.3. The van der Waals surface area contributed by atoms with Crippen molar-refractivity contribution in [2.75, 3.05) is 26.7 Å². The normalized spacial score (nSPS) is 18.7. The van der Waals surface area contributed by atoms with Gasteiger partial charge in [-0.2, -0.15) is 26.3 Å². The predicted octanol–water partition coefficient (Wildman–Crippen LogP) is 5.90. The van der Waals surface area contributed by atoms with E-state index >= 15 is 0 Å². The largest absolute Gasteiger partial charge is 0.446 e. The van der Waals surface area contributed by atoms with E-state index in [4.69, 9.17) is 9.84 Å². The summed E-state index contributed by atoms with van der Waals surface area (Å²) in [4.78, 5) is 27.9. The topological polar surface area (TPSA) is 82.1 Å². The molecule has 3 atom stereocenters. The van der Waals surface area contributed by atoms with E-state index in [2.05, 4.69) is 5.32 Å². The molecule has 0 unspecified atom stereocenters. The molecule has 0 aliphatic carbocycles. The minimum atomic E-state index is -5.04. The van der Waals surface area contributed by atoms with E-state index in [1.54, 1.807) is 0 Å². The first-order chi connectivity index (χ1) is 18.6. The number of benzene rings is 2. The van der Waals surface area contributed by atoms with Crippen LogP contribution in [0.15, 0.2) is 42.5 Å². The van der Waals surface area contributed by atoms with Crippen LogP contribution in [0.1, 0.15) is 54.1 Å². The number of alkyl carbamates (subject to hydrolysis) is 1. The van der Waals surface area contributed by atoms with Crippen LogP contribution in [-0.2, 0) is 17.1 Å². The van der Waals surface area contributed by atoms with Crippen LogP contribution in [0.4, 0.5) is 40.3 Å².